The first-order valence-corrected chi connectivity index (χ1v) is 4.98. The van der Waals surface area contributed by atoms with Crippen LogP contribution in [0.5, 0.6) is 0 Å². The lowest BCUT2D eigenvalue weighted by molar-refractivity contribution is 0.204. The van der Waals surface area contributed by atoms with Gasteiger partial charge in [0.15, 0.2) is 0 Å². The van der Waals surface area contributed by atoms with Crippen molar-refractivity contribution in [3.05, 3.63) is 11.6 Å². The molecule has 2 saturated carbocycles. The fraction of sp³-hybridized carbons (Fsp3) is 0.818. The van der Waals surface area contributed by atoms with Crippen LogP contribution in [0.4, 0.5) is 0 Å². The van der Waals surface area contributed by atoms with Gasteiger partial charge < -0.3 is 0 Å². The van der Waals surface area contributed by atoms with Crippen molar-refractivity contribution in [1.82, 2.24) is 0 Å². The lowest BCUT2D eigenvalue weighted by Gasteiger charge is -2.31. The molecule has 2 aliphatic rings. The fourth-order valence-corrected chi connectivity index (χ4v) is 2.34. The molecule has 2 rings (SSSR count). The molecule has 0 nitrogen and oxygen atoms in total. The van der Waals surface area contributed by atoms with Crippen molar-refractivity contribution in [2.24, 2.45) is 17.8 Å². The van der Waals surface area contributed by atoms with Gasteiger partial charge in [0, 0.05) is 0 Å². The Kier molecular flexibility index (Phi) is 1.78. The summed E-state index contributed by atoms with van der Waals surface area (Å²) in [6, 6.07) is 0. The molecule has 0 N–H and O–H groups in total. The van der Waals surface area contributed by atoms with E-state index in [2.05, 4.69) is 19.9 Å². The molecule has 0 radical (unpaired) electrons. The van der Waals surface area contributed by atoms with Gasteiger partial charge in [-0.05, 0) is 31.1 Å². The van der Waals surface area contributed by atoms with E-state index >= 15 is 0 Å². The van der Waals surface area contributed by atoms with Crippen LogP contribution >= 0.6 is 0 Å². The van der Waals surface area contributed by atoms with E-state index in [0.29, 0.717) is 0 Å². The summed E-state index contributed by atoms with van der Waals surface area (Å²) in [6.07, 6.45) is 8.24. The second-order valence-electron chi connectivity index (χ2n) is 4.22. The van der Waals surface area contributed by atoms with Gasteiger partial charge in [-0.1, -0.05) is 37.8 Å². The SMILES string of the molecule is CC=C1CC1C(C)C1CCC1. The molecule has 0 spiro atoms. The van der Waals surface area contributed by atoms with Crippen molar-refractivity contribution >= 4 is 0 Å². The van der Waals surface area contributed by atoms with Gasteiger partial charge in [0.05, 0.1) is 0 Å². The number of rotatable bonds is 2. The Balaban J connectivity index is 1.86. The van der Waals surface area contributed by atoms with E-state index in [0.717, 1.165) is 17.8 Å². The average Bonchev–Trinajstić information content (AvgIpc) is 2.60. The van der Waals surface area contributed by atoms with Gasteiger partial charge in [-0.15, -0.1) is 0 Å². The minimum atomic E-state index is 0.991. The van der Waals surface area contributed by atoms with Gasteiger partial charge in [0.2, 0.25) is 0 Å². The summed E-state index contributed by atoms with van der Waals surface area (Å²) in [5, 5.41) is 0. The van der Waals surface area contributed by atoms with Crippen molar-refractivity contribution in [2.45, 2.75) is 39.5 Å². The van der Waals surface area contributed by atoms with Gasteiger partial charge in [-0.2, -0.15) is 0 Å². The molecule has 0 heteroatoms. The zero-order chi connectivity index (χ0) is 7.84. The Morgan fingerprint density at radius 2 is 2.18 bits per heavy atom. The minimum Gasteiger partial charge on any atom is -0.0881 e. The van der Waals surface area contributed by atoms with Crippen LogP contribution in [0, 0.1) is 17.8 Å². The molecule has 0 saturated heterocycles. The Bertz CT molecular complexity index is 174. The molecule has 0 aromatic carbocycles. The molecule has 2 aliphatic carbocycles. The van der Waals surface area contributed by atoms with Gasteiger partial charge in [-0.3, -0.25) is 0 Å². The van der Waals surface area contributed by atoms with E-state index < -0.39 is 0 Å². The van der Waals surface area contributed by atoms with Crippen LogP contribution in [0.1, 0.15) is 39.5 Å². The number of allylic oxidation sites excluding steroid dienone is 2. The van der Waals surface area contributed by atoms with E-state index in [9.17, 15) is 0 Å². The first-order chi connectivity index (χ1) is 5.33. The zero-order valence-corrected chi connectivity index (χ0v) is 7.64. The van der Waals surface area contributed by atoms with Crippen molar-refractivity contribution in [2.75, 3.05) is 0 Å². The predicted molar refractivity (Wildman–Crippen MR) is 48.4 cm³/mol. The van der Waals surface area contributed by atoms with Crippen LogP contribution in [0.3, 0.4) is 0 Å². The Hall–Kier alpha value is -0.260. The highest BCUT2D eigenvalue weighted by atomic mass is 14.4. The quantitative estimate of drug-likeness (QED) is 0.529. The maximum Gasteiger partial charge on any atom is -0.0137 e. The minimum absolute atomic E-state index is 0.991. The molecule has 2 fully saturated rings. The third-order valence-electron chi connectivity index (χ3n) is 3.67. The predicted octanol–water partition coefficient (Wildman–Crippen LogP) is 3.39. The first-order valence-electron chi connectivity index (χ1n) is 4.98. The fourth-order valence-electron chi connectivity index (χ4n) is 2.34. The van der Waals surface area contributed by atoms with Crippen LogP contribution in [0.2, 0.25) is 0 Å². The molecular weight excluding hydrogens is 132 g/mol. The maximum absolute atomic E-state index is 2.45. The van der Waals surface area contributed by atoms with Crippen LogP contribution in [-0.4, -0.2) is 0 Å². The first kappa shape index (κ1) is 7.39. The van der Waals surface area contributed by atoms with Crippen molar-refractivity contribution in [1.29, 1.82) is 0 Å². The van der Waals surface area contributed by atoms with E-state index in [1.54, 1.807) is 5.57 Å². The van der Waals surface area contributed by atoms with E-state index in [1.165, 1.54) is 25.7 Å². The van der Waals surface area contributed by atoms with Gasteiger partial charge in [-0.25, -0.2) is 0 Å². The van der Waals surface area contributed by atoms with Gasteiger partial charge >= 0.3 is 0 Å². The van der Waals surface area contributed by atoms with E-state index in [-0.39, 0.29) is 0 Å². The molecule has 0 aromatic rings. The second-order valence-corrected chi connectivity index (χ2v) is 4.22. The monoisotopic (exact) mass is 150 g/mol. The van der Waals surface area contributed by atoms with Crippen molar-refractivity contribution in [3.8, 4) is 0 Å². The summed E-state index contributed by atoms with van der Waals surface area (Å²) in [6.45, 7) is 4.63. The van der Waals surface area contributed by atoms with Crippen LogP contribution in [0.15, 0.2) is 11.6 Å². The van der Waals surface area contributed by atoms with Crippen LogP contribution in [0.25, 0.3) is 0 Å². The van der Waals surface area contributed by atoms with Gasteiger partial charge in [0.1, 0.15) is 0 Å². The molecule has 11 heavy (non-hydrogen) atoms. The highest BCUT2D eigenvalue weighted by molar-refractivity contribution is 5.24. The summed E-state index contributed by atoms with van der Waals surface area (Å²) in [7, 11) is 0. The smallest absolute Gasteiger partial charge is 0.0137 e. The summed E-state index contributed by atoms with van der Waals surface area (Å²) < 4.78 is 0. The molecular formula is C11H18. The maximum atomic E-state index is 2.45. The Morgan fingerprint density at radius 3 is 2.55 bits per heavy atom. The standard InChI is InChI=1S/C11H18/c1-3-9-7-11(9)8(2)10-5-4-6-10/h3,8,10-11H,4-7H2,1-2H3. The molecule has 2 unspecified atom stereocenters. The summed E-state index contributed by atoms with van der Waals surface area (Å²) in [4.78, 5) is 0. The molecule has 0 aliphatic heterocycles. The third-order valence-corrected chi connectivity index (χ3v) is 3.67. The van der Waals surface area contributed by atoms with Crippen LogP contribution in [-0.2, 0) is 0 Å². The zero-order valence-electron chi connectivity index (χ0n) is 7.64. The molecule has 0 aromatic heterocycles. The summed E-state index contributed by atoms with van der Waals surface area (Å²) >= 11 is 0. The Morgan fingerprint density at radius 1 is 1.45 bits per heavy atom. The summed E-state index contributed by atoms with van der Waals surface area (Å²) in [5.41, 5.74) is 1.73. The van der Waals surface area contributed by atoms with Crippen molar-refractivity contribution in [3.63, 3.8) is 0 Å². The van der Waals surface area contributed by atoms with E-state index in [1.807, 2.05) is 0 Å². The van der Waals surface area contributed by atoms with E-state index in [4.69, 9.17) is 0 Å². The normalized spacial score (nSPS) is 36.9. The molecule has 0 amide bonds. The molecule has 62 valence electrons. The average molecular weight is 150 g/mol. The summed E-state index contributed by atoms with van der Waals surface area (Å²) in [5.74, 6) is 3.07. The lowest BCUT2D eigenvalue weighted by atomic mass is 9.74. The highest BCUT2D eigenvalue weighted by Crippen LogP contribution is 2.50. The molecule has 0 heterocycles. The molecule has 0 bridgehead atoms. The second kappa shape index (κ2) is 2.66. The number of hydrogen-bond acceptors (Lipinski definition) is 0. The number of hydrogen-bond donors (Lipinski definition) is 0. The largest absolute Gasteiger partial charge is 0.0881 e. The molecule has 2 atom stereocenters. The van der Waals surface area contributed by atoms with Crippen LogP contribution < -0.4 is 0 Å². The topological polar surface area (TPSA) is 0 Å². The highest BCUT2D eigenvalue weighted by Gasteiger charge is 2.39. The third kappa shape index (κ3) is 1.23. The van der Waals surface area contributed by atoms with Crippen molar-refractivity contribution < 1.29 is 0 Å². The van der Waals surface area contributed by atoms with Gasteiger partial charge in [0.25, 0.3) is 0 Å². The Labute approximate surface area is 69.7 Å². The lowest BCUT2D eigenvalue weighted by Crippen LogP contribution is -2.20.